The highest BCUT2D eigenvalue weighted by Gasteiger charge is 2.36. The van der Waals surface area contributed by atoms with Crippen molar-refractivity contribution in [2.24, 2.45) is 11.7 Å². The van der Waals surface area contributed by atoms with Gasteiger partial charge in [0, 0.05) is 12.4 Å². The summed E-state index contributed by atoms with van der Waals surface area (Å²) < 4.78 is 5.37. The standard InChI is InChI=1S/C15H20N4O/c1-10-3-5-15(16,6-4-10)14-18-13(20-19-14)12-7-11(2)8-17-9-12/h7-10H,3-6,16H2,1-2H3. The zero-order chi connectivity index (χ0) is 14.2. The van der Waals surface area contributed by atoms with Crippen molar-refractivity contribution in [2.45, 2.75) is 45.1 Å². The van der Waals surface area contributed by atoms with Crippen LogP contribution in [0.5, 0.6) is 0 Å². The van der Waals surface area contributed by atoms with Crippen molar-refractivity contribution in [1.82, 2.24) is 15.1 Å². The predicted molar refractivity (Wildman–Crippen MR) is 75.8 cm³/mol. The average molecular weight is 272 g/mol. The maximum atomic E-state index is 6.46. The molecule has 1 aliphatic rings. The highest BCUT2D eigenvalue weighted by atomic mass is 16.5. The van der Waals surface area contributed by atoms with Crippen LogP contribution in [0.3, 0.4) is 0 Å². The summed E-state index contributed by atoms with van der Waals surface area (Å²) in [5.41, 5.74) is 7.93. The van der Waals surface area contributed by atoms with Crippen molar-refractivity contribution in [3.05, 3.63) is 29.8 Å². The molecule has 0 amide bonds. The van der Waals surface area contributed by atoms with Gasteiger partial charge in [-0.2, -0.15) is 4.98 Å². The zero-order valence-electron chi connectivity index (χ0n) is 12.0. The van der Waals surface area contributed by atoms with Gasteiger partial charge >= 0.3 is 0 Å². The fourth-order valence-corrected chi connectivity index (χ4v) is 2.72. The van der Waals surface area contributed by atoms with E-state index in [2.05, 4.69) is 22.0 Å². The van der Waals surface area contributed by atoms with Crippen LogP contribution in [0.4, 0.5) is 0 Å². The van der Waals surface area contributed by atoms with Gasteiger partial charge in [0.15, 0.2) is 5.82 Å². The van der Waals surface area contributed by atoms with Crippen LogP contribution < -0.4 is 5.73 Å². The van der Waals surface area contributed by atoms with Crippen molar-refractivity contribution in [3.8, 4) is 11.5 Å². The highest BCUT2D eigenvalue weighted by Crippen LogP contribution is 2.36. The number of hydrogen-bond acceptors (Lipinski definition) is 5. The Morgan fingerprint density at radius 2 is 2.05 bits per heavy atom. The van der Waals surface area contributed by atoms with Crippen molar-refractivity contribution in [1.29, 1.82) is 0 Å². The first kappa shape index (κ1) is 13.2. The molecule has 2 heterocycles. The molecule has 0 aliphatic heterocycles. The van der Waals surface area contributed by atoms with E-state index in [-0.39, 0.29) is 0 Å². The van der Waals surface area contributed by atoms with Gasteiger partial charge in [0.1, 0.15) is 0 Å². The van der Waals surface area contributed by atoms with E-state index in [0.29, 0.717) is 11.7 Å². The van der Waals surface area contributed by atoms with Crippen LogP contribution in [0.15, 0.2) is 23.0 Å². The minimum absolute atomic E-state index is 0.439. The third kappa shape index (κ3) is 2.45. The lowest BCUT2D eigenvalue weighted by atomic mass is 9.77. The van der Waals surface area contributed by atoms with Gasteiger partial charge in [-0.25, -0.2) is 0 Å². The van der Waals surface area contributed by atoms with Crippen LogP contribution in [0, 0.1) is 12.8 Å². The fourth-order valence-electron chi connectivity index (χ4n) is 2.72. The van der Waals surface area contributed by atoms with E-state index < -0.39 is 5.54 Å². The lowest BCUT2D eigenvalue weighted by Crippen LogP contribution is -2.41. The van der Waals surface area contributed by atoms with E-state index in [0.717, 1.165) is 42.7 Å². The molecule has 106 valence electrons. The second-order valence-corrected chi connectivity index (χ2v) is 6.01. The van der Waals surface area contributed by atoms with Gasteiger partial charge in [-0.15, -0.1) is 0 Å². The number of aryl methyl sites for hydroxylation is 1. The molecule has 5 heteroatoms. The average Bonchev–Trinajstić information content (AvgIpc) is 2.93. The quantitative estimate of drug-likeness (QED) is 0.909. The summed E-state index contributed by atoms with van der Waals surface area (Å²) >= 11 is 0. The Morgan fingerprint density at radius 1 is 1.30 bits per heavy atom. The molecule has 1 fully saturated rings. The maximum absolute atomic E-state index is 6.46. The zero-order valence-corrected chi connectivity index (χ0v) is 12.0. The van der Waals surface area contributed by atoms with Crippen LogP contribution in [-0.2, 0) is 5.54 Å². The highest BCUT2D eigenvalue weighted by molar-refractivity contribution is 5.52. The van der Waals surface area contributed by atoms with Crippen molar-refractivity contribution in [2.75, 3.05) is 0 Å². The van der Waals surface area contributed by atoms with Crippen molar-refractivity contribution in [3.63, 3.8) is 0 Å². The van der Waals surface area contributed by atoms with Crippen molar-refractivity contribution >= 4 is 0 Å². The summed E-state index contributed by atoms with van der Waals surface area (Å²) in [6, 6.07) is 1.98. The molecule has 3 rings (SSSR count). The molecule has 0 unspecified atom stereocenters. The van der Waals surface area contributed by atoms with Gasteiger partial charge in [0.25, 0.3) is 5.89 Å². The van der Waals surface area contributed by atoms with E-state index in [9.17, 15) is 0 Å². The minimum atomic E-state index is -0.439. The predicted octanol–water partition coefficient (Wildman–Crippen LogP) is 2.80. The van der Waals surface area contributed by atoms with E-state index in [1.54, 1.807) is 12.4 Å². The SMILES string of the molecule is Cc1cncc(-c2nc(C3(N)CCC(C)CC3)no2)c1. The molecule has 1 aliphatic carbocycles. The van der Waals surface area contributed by atoms with Gasteiger partial charge in [0.05, 0.1) is 11.1 Å². The second-order valence-electron chi connectivity index (χ2n) is 6.01. The molecule has 0 atom stereocenters. The van der Waals surface area contributed by atoms with Crippen LogP contribution in [0.25, 0.3) is 11.5 Å². The van der Waals surface area contributed by atoms with E-state index in [1.807, 2.05) is 13.0 Å². The molecule has 0 bridgehead atoms. The van der Waals surface area contributed by atoms with Gasteiger partial charge in [-0.05, 0) is 50.2 Å². The van der Waals surface area contributed by atoms with Gasteiger partial charge in [-0.3, -0.25) is 4.98 Å². The van der Waals surface area contributed by atoms with Crippen LogP contribution >= 0.6 is 0 Å². The van der Waals surface area contributed by atoms with E-state index >= 15 is 0 Å². The molecule has 0 saturated heterocycles. The lowest BCUT2D eigenvalue weighted by molar-refractivity contribution is 0.230. The maximum Gasteiger partial charge on any atom is 0.259 e. The first-order valence-corrected chi connectivity index (χ1v) is 7.12. The first-order chi connectivity index (χ1) is 9.57. The van der Waals surface area contributed by atoms with Gasteiger partial charge in [0.2, 0.25) is 0 Å². The molecule has 20 heavy (non-hydrogen) atoms. The summed E-state index contributed by atoms with van der Waals surface area (Å²) in [5.74, 6) is 1.86. The number of rotatable bonds is 2. The molecule has 1 saturated carbocycles. The Labute approximate surface area is 118 Å². The normalized spacial score (nSPS) is 26.6. The number of nitrogens with two attached hydrogens (primary N) is 1. The molecule has 2 aromatic heterocycles. The van der Waals surface area contributed by atoms with E-state index in [1.165, 1.54) is 0 Å². The molecule has 0 radical (unpaired) electrons. The smallest absolute Gasteiger partial charge is 0.259 e. The molecule has 5 nitrogen and oxygen atoms in total. The van der Waals surface area contributed by atoms with Crippen LogP contribution in [0.2, 0.25) is 0 Å². The number of nitrogens with zero attached hydrogens (tertiary/aromatic N) is 3. The van der Waals surface area contributed by atoms with Crippen molar-refractivity contribution < 1.29 is 4.52 Å². The summed E-state index contributed by atoms with van der Waals surface area (Å²) in [5, 5.41) is 4.10. The molecular weight excluding hydrogens is 252 g/mol. The van der Waals surface area contributed by atoms with Crippen LogP contribution in [0.1, 0.15) is 44.0 Å². The Kier molecular flexibility index (Phi) is 3.30. The molecule has 0 aromatic carbocycles. The second kappa shape index (κ2) is 4.98. The number of aromatic nitrogens is 3. The fraction of sp³-hybridized carbons (Fsp3) is 0.533. The van der Waals surface area contributed by atoms with E-state index in [4.69, 9.17) is 10.3 Å². The van der Waals surface area contributed by atoms with Crippen LogP contribution in [-0.4, -0.2) is 15.1 Å². The summed E-state index contributed by atoms with van der Waals surface area (Å²) in [6.45, 7) is 4.25. The van der Waals surface area contributed by atoms with Gasteiger partial charge < -0.3 is 10.3 Å². The Hall–Kier alpha value is -1.75. The summed E-state index contributed by atoms with van der Waals surface area (Å²) in [6.07, 6.45) is 7.60. The minimum Gasteiger partial charge on any atom is -0.334 e. The first-order valence-electron chi connectivity index (χ1n) is 7.12. The summed E-state index contributed by atoms with van der Waals surface area (Å²) in [7, 11) is 0. The monoisotopic (exact) mass is 272 g/mol. The Morgan fingerprint density at radius 3 is 2.75 bits per heavy atom. The van der Waals surface area contributed by atoms with Gasteiger partial charge in [-0.1, -0.05) is 12.1 Å². The largest absolute Gasteiger partial charge is 0.334 e. The molecule has 2 N–H and O–H groups in total. The lowest BCUT2D eigenvalue weighted by Gasteiger charge is -2.33. The third-order valence-corrected chi connectivity index (χ3v) is 4.16. The molecule has 2 aromatic rings. The number of pyridine rings is 1. The number of hydrogen-bond donors (Lipinski definition) is 1. The third-order valence-electron chi connectivity index (χ3n) is 4.16. The summed E-state index contributed by atoms with van der Waals surface area (Å²) in [4.78, 5) is 8.65. The topological polar surface area (TPSA) is 77.8 Å². The Bertz CT molecular complexity index is 599. The molecule has 0 spiro atoms. The Balaban J connectivity index is 1.87. The molecular formula is C15H20N4O.